The molecule has 112 valence electrons. The van der Waals surface area contributed by atoms with E-state index in [0.717, 1.165) is 13.1 Å². The van der Waals surface area contributed by atoms with E-state index in [2.05, 4.69) is 84.6 Å². The summed E-state index contributed by atoms with van der Waals surface area (Å²) in [4.78, 5) is 2.52. The lowest BCUT2D eigenvalue weighted by molar-refractivity contribution is 0.718. The summed E-state index contributed by atoms with van der Waals surface area (Å²) in [5, 5.41) is 2.66. The van der Waals surface area contributed by atoms with Gasteiger partial charge in [-0.05, 0) is 23.4 Å². The van der Waals surface area contributed by atoms with Crippen LogP contribution < -0.4 is 4.90 Å². The SMILES string of the molecule is CCCCN(Cc1ccccc1)c1cccc2ccccc12. The zero-order valence-corrected chi connectivity index (χ0v) is 13.2. The average molecular weight is 289 g/mol. The van der Waals surface area contributed by atoms with Crippen molar-refractivity contribution in [3.63, 3.8) is 0 Å². The second-order valence-electron chi connectivity index (χ2n) is 5.76. The Hall–Kier alpha value is -2.28. The van der Waals surface area contributed by atoms with E-state index in [-0.39, 0.29) is 0 Å². The second kappa shape index (κ2) is 7.13. The van der Waals surface area contributed by atoms with Gasteiger partial charge in [0.15, 0.2) is 0 Å². The van der Waals surface area contributed by atoms with Gasteiger partial charge >= 0.3 is 0 Å². The number of benzene rings is 3. The summed E-state index contributed by atoms with van der Waals surface area (Å²) in [6.07, 6.45) is 2.44. The normalized spacial score (nSPS) is 10.8. The highest BCUT2D eigenvalue weighted by atomic mass is 15.1. The van der Waals surface area contributed by atoms with Gasteiger partial charge in [-0.1, -0.05) is 80.1 Å². The molecule has 0 bridgehead atoms. The summed E-state index contributed by atoms with van der Waals surface area (Å²) >= 11 is 0. The third kappa shape index (κ3) is 3.30. The van der Waals surface area contributed by atoms with E-state index >= 15 is 0 Å². The Morgan fingerprint density at radius 2 is 1.50 bits per heavy atom. The first-order valence-corrected chi connectivity index (χ1v) is 8.15. The number of hydrogen-bond acceptors (Lipinski definition) is 1. The zero-order chi connectivity index (χ0) is 15.2. The van der Waals surface area contributed by atoms with Crippen LogP contribution in [-0.4, -0.2) is 6.54 Å². The third-order valence-corrected chi connectivity index (χ3v) is 4.11. The lowest BCUT2D eigenvalue weighted by atomic mass is 10.1. The number of rotatable bonds is 6. The molecule has 0 saturated carbocycles. The molecule has 0 atom stereocenters. The Kier molecular flexibility index (Phi) is 4.75. The summed E-state index contributed by atoms with van der Waals surface area (Å²) in [6.45, 7) is 4.32. The molecule has 3 aromatic rings. The predicted octanol–water partition coefficient (Wildman–Crippen LogP) is 5.65. The Morgan fingerprint density at radius 1 is 0.773 bits per heavy atom. The predicted molar refractivity (Wildman–Crippen MR) is 96.3 cm³/mol. The van der Waals surface area contributed by atoms with Crippen LogP contribution in [-0.2, 0) is 6.54 Å². The van der Waals surface area contributed by atoms with Gasteiger partial charge in [0.1, 0.15) is 0 Å². The molecule has 0 N–H and O–H groups in total. The van der Waals surface area contributed by atoms with Crippen molar-refractivity contribution in [3.8, 4) is 0 Å². The molecule has 0 saturated heterocycles. The third-order valence-electron chi connectivity index (χ3n) is 4.11. The van der Waals surface area contributed by atoms with Gasteiger partial charge in [-0.2, -0.15) is 0 Å². The summed E-state index contributed by atoms with van der Waals surface area (Å²) in [5.74, 6) is 0. The van der Waals surface area contributed by atoms with Crippen molar-refractivity contribution in [1.82, 2.24) is 0 Å². The number of hydrogen-bond donors (Lipinski definition) is 0. The fraction of sp³-hybridized carbons (Fsp3) is 0.238. The lowest BCUT2D eigenvalue weighted by Crippen LogP contribution is -2.24. The molecule has 1 nitrogen and oxygen atoms in total. The maximum Gasteiger partial charge on any atom is 0.0448 e. The fourth-order valence-corrected chi connectivity index (χ4v) is 2.92. The van der Waals surface area contributed by atoms with Crippen LogP contribution in [0.15, 0.2) is 72.8 Å². The van der Waals surface area contributed by atoms with Gasteiger partial charge in [0.2, 0.25) is 0 Å². The molecule has 0 aliphatic heterocycles. The van der Waals surface area contributed by atoms with E-state index in [1.165, 1.54) is 34.9 Å². The molecule has 0 aliphatic carbocycles. The van der Waals surface area contributed by atoms with E-state index in [9.17, 15) is 0 Å². The van der Waals surface area contributed by atoms with Crippen molar-refractivity contribution in [2.75, 3.05) is 11.4 Å². The molecule has 0 heterocycles. The minimum absolute atomic E-state index is 0.967. The molecule has 1 heteroatoms. The first-order valence-electron chi connectivity index (χ1n) is 8.15. The van der Waals surface area contributed by atoms with E-state index in [4.69, 9.17) is 0 Å². The van der Waals surface area contributed by atoms with Gasteiger partial charge in [0, 0.05) is 24.2 Å². The van der Waals surface area contributed by atoms with Crippen LogP contribution in [0.2, 0.25) is 0 Å². The first-order chi connectivity index (χ1) is 10.9. The van der Waals surface area contributed by atoms with E-state index in [1.807, 2.05) is 0 Å². The molecule has 0 spiro atoms. The van der Waals surface area contributed by atoms with Crippen LogP contribution in [0.1, 0.15) is 25.3 Å². The van der Waals surface area contributed by atoms with Gasteiger partial charge in [-0.25, -0.2) is 0 Å². The fourth-order valence-electron chi connectivity index (χ4n) is 2.92. The molecule has 0 amide bonds. The number of anilines is 1. The van der Waals surface area contributed by atoms with Crippen LogP contribution in [0, 0.1) is 0 Å². The Morgan fingerprint density at radius 3 is 2.32 bits per heavy atom. The van der Waals surface area contributed by atoms with Crippen LogP contribution in [0.25, 0.3) is 10.8 Å². The lowest BCUT2D eigenvalue weighted by Gasteiger charge is -2.26. The van der Waals surface area contributed by atoms with E-state index in [1.54, 1.807) is 0 Å². The monoisotopic (exact) mass is 289 g/mol. The highest BCUT2D eigenvalue weighted by Crippen LogP contribution is 2.28. The molecule has 3 rings (SSSR count). The maximum absolute atomic E-state index is 2.52. The zero-order valence-electron chi connectivity index (χ0n) is 13.2. The summed E-state index contributed by atoms with van der Waals surface area (Å²) in [5.41, 5.74) is 2.71. The second-order valence-corrected chi connectivity index (χ2v) is 5.76. The van der Waals surface area contributed by atoms with Crippen molar-refractivity contribution < 1.29 is 0 Å². The average Bonchev–Trinajstić information content (AvgIpc) is 2.59. The van der Waals surface area contributed by atoms with Crippen molar-refractivity contribution in [2.45, 2.75) is 26.3 Å². The van der Waals surface area contributed by atoms with Gasteiger partial charge in [0.25, 0.3) is 0 Å². The van der Waals surface area contributed by atoms with Crippen molar-refractivity contribution in [2.24, 2.45) is 0 Å². The topological polar surface area (TPSA) is 3.24 Å². The Bertz CT molecular complexity index is 713. The molecule has 0 aromatic heterocycles. The molecule has 3 aromatic carbocycles. The van der Waals surface area contributed by atoms with Gasteiger partial charge in [-0.15, -0.1) is 0 Å². The summed E-state index contributed by atoms with van der Waals surface area (Å²) in [6, 6.07) is 26.0. The molecular formula is C21H23N. The number of fused-ring (bicyclic) bond motifs is 1. The highest BCUT2D eigenvalue weighted by molar-refractivity contribution is 5.94. The molecule has 0 aliphatic rings. The quantitative estimate of drug-likeness (QED) is 0.567. The van der Waals surface area contributed by atoms with Crippen LogP contribution in [0.5, 0.6) is 0 Å². The smallest absolute Gasteiger partial charge is 0.0448 e. The first kappa shape index (κ1) is 14.6. The minimum atomic E-state index is 0.967. The Balaban J connectivity index is 1.97. The van der Waals surface area contributed by atoms with Crippen molar-refractivity contribution in [3.05, 3.63) is 78.4 Å². The van der Waals surface area contributed by atoms with Crippen LogP contribution in [0.3, 0.4) is 0 Å². The van der Waals surface area contributed by atoms with Gasteiger partial charge < -0.3 is 4.90 Å². The molecule has 0 fully saturated rings. The minimum Gasteiger partial charge on any atom is -0.367 e. The van der Waals surface area contributed by atoms with E-state index in [0.29, 0.717) is 0 Å². The standard InChI is InChI=1S/C21H23N/c1-2-3-16-22(17-18-10-5-4-6-11-18)21-15-9-13-19-12-7-8-14-20(19)21/h4-15H,2-3,16-17H2,1H3. The largest absolute Gasteiger partial charge is 0.367 e. The molecule has 0 radical (unpaired) electrons. The summed E-state index contributed by atoms with van der Waals surface area (Å²) < 4.78 is 0. The number of nitrogens with zero attached hydrogens (tertiary/aromatic N) is 1. The van der Waals surface area contributed by atoms with Crippen molar-refractivity contribution >= 4 is 16.5 Å². The molecule has 0 unspecified atom stereocenters. The van der Waals surface area contributed by atoms with Gasteiger partial charge in [-0.3, -0.25) is 0 Å². The van der Waals surface area contributed by atoms with E-state index < -0.39 is 0 Å². The van der Waals surface area contributed by atoms with Crippen LogP contribution in [0.4, 0.5) is 5.69 Å². The molecular weight excluding hydrogens is 266 g/mol. The van der Waals surface area contributed by atoms with Crippen LogP contribution >= 0.6 is 0 Å². The molecule has 22 heavy (non-hydrogen) atoms. The van der Waals surface area contributed by atoms with Gasteiger partial charge in [0.05, 0.1) is 0 Å². The number of unbranched alkanes of at least 4 members (excludes halogenated alkanes) is 1. The Labute approximate surface area is 133 Å². The van der Waals surface area contributed by atoms with Crippen molar-refractivity contribution in [1.29, 1.82) is 0 Å². The highest BCUT2D eigenvalue weighted by Gasteiger charge is 2.10. The maximum atomic E-state index is 2.52. The summed E-state index contributed by atoms with van der Waals surface area (Å²) in [7, 11) is 0.